The van der Waals surface area contributed by atoms with Crippen LogP contribution < -0.4 is 19.5 Å². The summed E-state index contributed by atoms with van der Waals surface area (Å²) in [6.07, 6.45) is 0. The van der Waals surface area contributed by atoms with Gasteiger partial charge in [0.05, 0.1) is 38.1 Å². The fourth-order valence-corrected chi connectivity index (χ4v) is 2.94. The molecule has 0 saturated heterocycles. The normalized spacial score (nSPS) is 10.2. The Morgan fingerprint density at radius 1 is 0.690 bits per heavy atom. The number of nitrogens with one attached hydrogen (secondary N) is 1. The van der Waals surface area contributed by atoms with Crippen LogP contribution in [-0.4, -0.2) is 33.0 Å². The van der Waals surface area contributed by atoms with Crippen LogP contribution in [0.4, 0.5) is 5.69 Å². The number of hydrogen-bond donors (Lipinski definition) is 1. The summed E-state index contributed by atoms with van der Waals surface area (Å²) >= 11 is 0. The minimum atomic E-state index is -0.414. The zero-order valence-corrected chi connectivity index (χ0v) is 16.4. The second-order valence-electron chi connectivity index (χ2n) is 6.10. The maximum atomic E-state index is 12.9. The summed E-state index contributed by atoms with van der Waals surface area (Å²) in [5.74, 6) is 0.436. The molecule has 0 aliphatic rings. The van der Waals surface area contributed by atoms with E-state index < -0.39 is 5.91 Å². The van der Waals surface area contributed by atoms with Gasteiger partial charge in [-0.3, -0.25) is 9.59 Å². The predicted octanol–water partition coefficient (Wildman–Crippen LogP) is 4.20. The van der Waals surface area contributed by atoms with Gasteiger partial charge in [-0.25, -0.2) is 0 Å². The Balaban J connectivity index is 2.00. The number of benzene rings is 3. The molecular weight excluding hydrogens is 370 g/mol. The van der Waals surface area contributed by atoms with Crippen molar-refractivity contribution in [2.24, 2.45) is 0 Å². The van der Waals surface area contributed by atoms with Crippen LogP contribution >= 0.6 is 0 Å². The van der Waals surface area contributed by atoms with E-state index in [0.717, 1.165) is 0 Å². The third-order valence-electron chi connectivity index (χ3n) is 4.40. The molecule has 0 atom stereocenters. The fraction of sp³-hybridized carbons (Fsp3) is 0.130. The molecule has 148 valence electrons. The Morgan fingerprint density at radius 3 is 1.90 bits per heavy atom. The van der Waals surface area contributed by atoms with Gasteiger partial charge in [0.25, 0.3) is 5.91 Å². The first-order valence-corrected chi connectivity index (χ1v) is 8.89. The zero-order chi connectivity index (χ0) is 20.8. The minimum absolute atomic E-state index is 0.225. The summed E-state index contributed by atoms with van der Waals surface area (Å²) in [6, 6.07) is 18.9. The number of ketones is 1. The van der Waals surface area contributed by atoms with Gasteiger partial charge in [-0.05, 0) is 24.3 Å². The lowest BCUT2D eigenvalue weighted by atomic mass is 9.99. The Morgan fingerprint density at radius 2 is 1.24 bits per heavy atom. The molecule has 0 radical (unpaired) electrons. The number of hydrogen-bond acceptors (Lipinski definition) is 5. The topological polar surface area (TPSA) is 73.9 Å². The van der Waals surface area contributed by atoms with Gasteiger partial charge >= 0.3 is 0 Å². The van der Waals surface area contributed by atoms with Crippen molar-refractivity contribution in [3.63, 3.8) is 0 Å². The van der Waals surface area contributed by atoms with Gasteiger partial charge in [0.15, 0.2) is 5.78 Å². The molecule has 1 N–H and O–H groups in total. The van der Waals surface area contributed by atoms with E-state index in [4.69, 9.17) is 14.2 Å². The van der Waals surface area contributed by atoms with Gasteiger partial charge in [-0.15, -0.1) is 0 Å². The molecule has 6 nitrogen and oxygen atoms in total. The minimum Gasteiger partial charge on any atom is -0.496 e. The van der Waals surface area contributed by atoms with Crippen molar-refractivity contribution >= 4 is 17.4 Å². The average molecular weight is 391 g/mol. The van der Waals surface area contributed by atoms with E-state index in [0.29, 0.717) is 22.6 Å². The molecule has 0 fully saturated rings. The molecule has 0 unspecified atom stereocenters. The molecule has 0 saturated carbocycles. The fourth-order valence-electron chi connectivity index (χ4n) is 2.94. The molecule has 1 amide bonds. The van der Waals surface area contributed by atoms with Crippen LogP contribution in [0.5, 0.6) is 17.2 Å². The van der Waals surface area contributed by atoms with Crippen LogP contribution in [0.25, 0.3) is 0 Å². The zero-order valence-electron chi connectivity index (χ0n) is 16.4. The van der Waals surface area contributed by atoms with Crippen molar-refractivity contribution in [2.75, 3.05) is 26.6 Å². The van der Waals surface area contributed by atoms with E-state index in [1.54, 1.807) is 42.5 Å². The van der Waals surface area contributed by atoms with Gasteiger partial charge in [0.2, 0.25) is 0 Å². The van der Waals surface area contributed by atoms with E-state index >= 15 is 0 Å². The van der Waals surface area contributed by atoms with Crippen LogP contribution in [0.1, 0.15) is 26.3 Å². The van der Waals surface area contributed by atoms with Crippen LogP contribution in [0.15, 0.2) is 66.7 Å². The summed E-state index contributed by atoms with van der Waals surface area (Å²) in [6.45, 7) is 0. The number of methoxy groups -OCH3 is 3. The lowest BCUT2D eigenvalue weighted by Crippen LogP contribution is -2.15. The van der Waals surface area contributed by atoms with E-state index in [1.807, 2.05) is 12.1 Å². The van der Waals surface area contributed by atoms with Gasteiger partial charge in [0, 0.05) is 5.56 Å². The molecule has 0 spiro atoms. The number of para-hydroxylation sites is 2. The monoisotopic (exact) mass is 391 g/mol. The predicted molar refractivity (Wildman–Crippen MR) is 110 cm³/mol. The molecule has 0 bridgehead atoms. The Hall–Kier alpha value is -3.80. The largest absolute Gasteiger partial charge is 0.496 e. The third kappa shape index (κ3) is 4.21. The molecule has 0 aromatic heterocycles. The molecule has 29 heavy (non-hydrogen) atoms. The van der Waals surface area contributed by atoms with Gasteiger partial charge in [-0.1, -0.05) is 42.5 Å². The smallest absolute Gasteiger partial charge is 0.259 e. The Kier molecular flexibility index (Phi) is 6.14. The average Bonchev–Trinajstić information content (AvgIpc) is 2.78. The molecule has 3 aromatic rings. The number of carbonyl (C=O) groups excluding carboxylic acids is 2. The third-order valence-corrected chi connectivity index (χ3v) is 4.40. The molecular formula is C23H21NO5. The molecule has 6 heteroatoms. The summed E-state index contributed by atoms with van der Waals surface area (Å²) < 4.78 is 16.0. The first-order chi connectivity index (χ1) is 14.1. The van der Waals surface area contributed by atoms with Crippen LogP contribution in [0.3, 0.4) is 0 Å². The molecule has 0 heterocycles. The Labute approximate surface area is 169 Å². The van der Waals surface area contributed by atoms with Crippen LogP contribution in [0, 0.1) is 0 Å². The number of carbonyl (C=O) groups is 2. The van der Waals surface area contributed by atoms with Gasteiger partial charge in [-0.2, -0.15) is 0 Å². The molecule has 0 aliphatic heterocycles. The lowest BCUT2D eigenvalue weighted by Gasteiger charge is -2.15. The van der Waals surface area contributed by atoms with Crippen LogP contribution in [-0.2, 0) is 0 Å². The Bertz CT molecular complexity index is 1030. The molecule has 0 aliphatic carbocycles. The summed E-state index contributed by atoms with van der Waals surface area (Å²) in [5, 5.41) is 2.80. The maximum absolute atomic E-state index is 12.9. The van der Waals surface area contributed by atoms with Crippen molar-refractivity contribution in [1.82, 2.24) is 0 Å². The molecule has 3 rings (SSSR count). The van der Waals surface area contributed by atoms with Crippen LogP contribution in [0.2, 0.25) is 0 Å². The summed E-state index contributed by atoms with van der Waals surface area (Å²) in [4.78, 5) is 25.8. The van der Waals surface area contributed by atoms with Crippen molar-refractivity contribution in [2.45, 2.75) is 0 Å². The maximum Gasteiger partial charge on any atom is 0.259 e. The highest BCUT2D eigenvalue weighted by Gasteiger charge is 2.22. The number of amides is 1. The van der Waals surface area contributed by atoms with E-state index in [1.165, 1.54) is 33.5 Å². The van der Waals surface area contributed by atoms with Crippen molar-refractivity contribution < 1.29 is 23.8 Å². The highest BCUT2D eigenvalue weighted by atomic mass is 16.5. The first kappa shape index (κ1) is 19.9. The first-order valence-electron chi connectivity index (χ1n) is 8.89. The number of rotatable bonds is 7. The quantitative estimate of drug-likeness (QED) is 0.611. The lowest BCUT2D eigenvalue weighted by molar-refractivity contribution is 0.101. The van der Waals surface area contributed by atoms with E-state index in [9.17, 15) is 9.59 Å². The van der Waals surface area contributed by atoms with Gasteiger partial charge in [0.1, 0.15) is 17.2 Å². The van der Waals surface area contributed by atoms with Gasteiger partial charge < -0.3 is 19.5 Å². The van der Waals surface area contributed by atoms with E-state index in [-0.39, 0.29) is 22.8 Å². The standard InChI is InChI=1S/C23H21NO5/c1-27-19-12-8-7-11-18(19)24-23(26)17-14-20(28-2)16(13-21(17)29-3)22(25)15-9-5-4-6-10-15/h4-14H,1-3H3,(H,24,26). The highest BCUT2D eigenvalue weighted by molar-refractivity contribution is 6.13. The summed E-state index contributed by atoms with van der Waals surface area (Å²) in [7, 11) is 4.42. The number of ether oxygens (including phenoxy) is 3. The number of anilines is 1. The SMILES string of the molecule is COc1ccccc1NC(=O)c1cc(OC)c(C(=O)c2ccccc2)cc1OC. The molecule has 3 aromatic carbocycles. The second-order valence-corrected chi connectivity index (χ2v) is 6.10. The second kappa shape index (κ2) is 8.93. The highest BCUT2D eigenvalue weighted by Crippen LogP contribution is 2.32. The summed E-state index contributed by atoms with van der Waals surface area (Å²) in [5.41, 5.74) is 1.58. The van der Waals surface area contributed by atoms with E-state index in [2.05, 4.69) is 5.32 Å². The van der Waals surface area contributed by atoms with Crippen molar-refractivity contribution in [3.05, 3.63) is 83.4 Å². The van der Waals surface area contributed by atoms with Crippen molar-refractivity contribution in [3.8, 4) is 17.2 Å². The van der Waals surface area contributed by atoms with Crippen molar-refractivity contribution in [1.29, 1.82) is 0 Å².